The van der Waals surface area contributed by atoms with Gasteiger partial charge < -0.3 is 5.11 Å². The summed E-state index contributed by atoms with van der Waals surface area (Å²) in [5.74, 6) is -1.01. The van der Waals surface area contributed by atoms with Crippen LogP contribution in [-0.2, 0) is 0 Å². The van der Waals surface area contributed by atoms with Crippen LogP contribution in [0.25, 0.3) is 5.69 Å². The molecule has 0 bridgehead atoms. The van der Waals surface area contributed by atoms with E-state index >= 15 is 0 Å². The Bertz CT molecular complexity index is 570. The van der Waals surface area contributed by atoms with E-state index in [1.165, 1.54) is 0 Å². The molecule has 88 valence electrons. The van der Waals surface area contributed by atoms with Crippen LogP contribution in [-0.4, -0.2) is 20.9 Å². The Morgan fingerprint density at radius 3 is 2.59 bits per heavy atom. The van der Waals surface area contributed by atoms with Crippen LogP contribution in [0.3, 0.4) is 0 Å². The number of aryl methyl sites for hydroxylation is 2. The number of nitrogens with zero attached hydrogens (tertiary/aromatic N) is 2. The number of carboxylic acid groups (broad SMARTS) is 1. The first kappa shape index (κ1) is 11.9. The lowest BCUT2D eigenvalue weighted by atomic mass is 10.2. The van der Waals surface area contributed by atoms with Gasteiger partial charge in [0.25, 0.3) is 0 Å². The molecule has 0 amide bonds. The number of hydrogen-bond donors (Lipinski definition) is 1. The molecule has 0 aliphatic rings. The summed E-state index contributed by atoms with van der Waals surface area (Å²) in [6, 6.07) is 5.83. The van der Waals surface area contributed by atoms with Gasteiger partial charge in [-0.1, -0.05) is 15.9 Å². The predicted molar refractivity (Wildman–Crippen MR) is 67.7 cm³/mol. The molecule has 0 aliphatic heterocycles. The van der Waals surface area contributed by atoms with Crippen molar-refractivity contribution in [3.63, 3.8) is 0 Å². The number of aromatic nitrogens is 2. The fourth-order valence-electron chi connectivity index (χ4n) is 1.65. The van der Waals surface area contributed by atoms with Crippen LogP contribution in [0.4, 0.5) is 0 Å². The van der Waals surface area contributed by atoms with Gasteiger partial charge >= 0.3 is 5.97 Å². The summed E-state index contributed by atoms with van der Waals surface area (Å²) in [6.07, 6.45) is 1.71. The molecular formula is C12H11BrN2O2. The van der Waals surface area contributed by atoms with Crippen LogP contribution in [0, 0.1) is 13.8 Å². The highest BCUT2D eigenvalue weighted by atomic mass is 79.9. The quantitative estimate of drug-likeness (QED) is 0.926. The minimum Gasteiger partial charge on any atom is -0.476 e. The first-order chi connectivity index (χ1) is 7.97. The number of carbonyl (C=O) groups is 1. The molecule has 0 saturated carbocycles. The largest absolute Gasteiger partial charge is 0.476 e. The molecule has 0 atom stereocenters. The fraction of sp³-hybridized carbons (Fsp3) is 0.167. The lowest BCUT2D eigenvalue weighted by molar-refractivity contribution is 0.0689. The standard InChI is InChI=1S/C12H11BrN2O2/c1-7-3-9(13)5-10(4-7)15-6-8(2)11(14-15)12(16)17/h3-6H,1-2H3,(H,16,17). The SMILES string of the molecule is Cc1cc(Br)cc(-n2cc(C)c(C(=O)O)n2)c1. The maximum Gasteiger partial charge on any atom is 0.356 e. The maximum absolute atomic E-state index is 10.9. The first-order valence-electron chi connectivity index (χ1n) is 5.04. The Kier molecular flexibility index (Phi) is 3.02. The van der Waals surface area contributed by atoms with Crippen molar-refractivity contribution in [2.45, 2.75) is 13.8 Å². The highest BCUT2D eigenvalue weighted by Gasteiger charge is 2.13. The number of hydrogen-bond acceptors (Lipinski definition) is 2. The number of benzene rings is 1. The maximum atomic E-state index is 10.9. The van der Waals surface area contributed by atoms with Gasteiger partial charge in [0.2, 0.25) is 0 Å². The van der Waals surface area contributed by atoms with Crippen LogP contribution in [0.5, 0.6) is 0 Å². The molecule has 5 heteroatoms. The van der Waals surface area contributed by atoms with Gasteiger partial charge in [0.1, 0.15) is 0 Å². The highest BCUT2D eigenvalue weighted by Crippen LogP contribution is 2.19. The lowest BCUT2D eigenvalue weighted by Gasteiger charge is -2.03. The molecule has 2 aromatic rings. The van der Waals surface area contributed by atoms with E-state index in [9.17, 15) is 4.79 Å². The third-order valence-electron chi connectivity index (χ3n) is 2.39. The first-order valence-corrected chi connectivity index (χ1v) is 5.84. The highest BCUT2D eigenvalue weighted by molar-refractivity contribution is 9.10. The van der Waals surface area contributed by atoms with Gasteiger partial charge in [-0.3, -0.25) is 0 Å². The van der Waals surface area contributed by atoms with Gasteiger partial charge in [-0.15, -0.1) is 0 Å². The fourth-order valence-corrected chi connectivity index (χ4v) is 2.25. The molecule has 1 aromatic heterocycles. The van der Waals surface area contributed by atoms with Crippen molar-refractivity contribution in [3.8, 4) is 5.69 Å². The third-order valence-corrected chi connectivity index (χ3v) is 2.85. The second-order valence-corrected chi connectivity index (χ2v) is 4.81. The summed E-state index contributed by atoms with van der Waals surface area (Å²) in [4.78, 5) is 10.9. The van der Waals surface area contributed by atoms with Gasteiger partial charge in [0.05, 0.1) is 5.69 Å². The third kappa shape index (κ3) is 2.39. The molecule has 1 N–H and O–H groups in total. The van der Waals surface area contributed by atoms with Gasteiger partial charge in [0.15, 0.2) is 5.69 Å². The number of rotatable bonds is 2. The minimum atomic E-state index is -1.01. The Morgan fingerprint density at radius 2 is 2.06 bits per heavy atom. The Labute approximate surface area is 107 Å². The number of aromatic carboxylic acids is 1. The lowest BCUT2D eigenvalue weighted by Crippen LogP contribution is -2.02. The van der Waals surface area contributed by atoms with Crippen molar-refractivity contribution >= 4 is 21.9 Å². The molecule has 1 heterocycles. The summed E-state index contributed by atoms with van der Waals surface area (Å²) in [5.41, 5.74) is 2.66. The van der Waals surface area contributed by atoms with E-state index in [2.05, 4.69) is 21.0 Å². The van der Waals surface area contributed by atoms with E-state index in [1.54, 1.807) is 17.8 Å². The van der Waals surface area contributed by atoms with Crippen LogP contribution < -0.4 is 0 Å². The van der Waals surface area contributed by atoms with Crippen molar-refractivity contribution in [3.05, 3.63) is 45.7 Å². The Hall–Kier alpha value is -1.62. The molecule has 17 heavy (non-hydrogen) atoms. The molecule has 0 saturated heterocycles. The average Bonchev–Trinajstić information content (AvgIpc) is 2.59. The van der Waals surface area contributed by atoms with Crippen molar-refractivity contribution in [1.82, 2.24) is 9.78 Å². The monoisotopic (exact) mass is 294 g/mol. The number of halogens is 1. The summed E-state index contributed by atoms with van der Waals surface area (Å²) >= 11 is 3.41. The van der Waals surface area contributed by atoms with Gasteiger partial charge in [0, 0.05) is 16.2 Å². The van der Waals surface area contributed by atoms with Crippen LogP contribution in [0.2, 0.25) is 0 Å². The van der Waals surface area contributed by atoms with Crippen molar-refractivity contribution in [1.29, 1.82) is 0 Å². The van der Waals surface area contributed by atoms with E-state index in [0.29, 0.717) is 5.56 Å². The zero-order valence-corrected chi connectivity index (χ0v) is 11.0. The van der Waals surface area contributed by atoms with Crippen molar-refractivity contribution in [2.24, 2.45) is 0 Å². The van der Waals surface area contributed by atoms with E-state index in [-0.39, 0.29) is 5.69 Å². The van der Waals surface area contributed by atoms with Crippen molar-refractivity contribution < 1.29 is 9.90 Å². The zero-order valence-electron chi connectivity index (χ0n) is 9.44. The average molecular weight is 295 g/mol. The molecule has 0 unspecified atom stereocenters. The second-order valence-electron chi connectivity index (χ2n) is 3.90. The summed E-state index contributed by atoms with van der Waals surface area (Å²) in [6.45, 7) is 3.71. The molecule has 2 rings (SSSR count). The molecule has 4 nitrogen and oxygen atoms in total. The Balaban J connectivity index is 2.53. The molecule has 0 aliphatic carbocycles. The van der Waals surface area contributed by atoms with Gasteiger partial charge in [-0.05, 0) is 37.6 Å². The predicted octanol–water partition coefficient (Wildman–Crippen LogP) is 2.95. The van der Waals surface area contributed by atoms with E-state index < -0.39 is 5.97 Å². The van der Waals surface area contributed by atoms with E-state index in [1.807, 2.05) is 25.1 Å². The van der Waals surface area contributed by atoms with Crippen LogP contribution in [0.15, 0.2) is 28.9 Å². The summed E-state index contributed by atoms with van der Waals surface area (Å²) in [7, 11) is 0. The second kappa shape index (κ2) is 4.33. The van der Waals surface area contributed by atoms with Crippen LogP contribution in [0.1, 0.15) is 21.6 Å². The zero-order chi connectivity index (χ0) is 12.6. The summed E-state index contributed by atoms with van der Waals surface area (Å²) in [5, 5.41) is 13.0. The van der Waals surface area contributed by atoms with Gasteiger partial charge in [-0.25, -0.2) is 9.48 Å². The minimum absolute atomic E-state index is 0.0858. The van der Waals surface area contributed by atoms with E-state index in [0.717, 1.165) is 15.7 Å². The normalized spacial score (nSPS) is 10.5. The van der Waals surface area contributed by atoms with E-state index in [4.69, 9.17) is 5.11 Å². The molecule has 0 fully saturated rings. The molecule has 0 spiro atoms. The van der Waals surface area contributed by atoms with Crippen molar-refractivity contribution in [2.75, 3.05) is 0 Å². The van der Waals surface area contributed by atoms with Crippen LogP contribution >= 0.6 is 15.9 Å². The summed E-state index contributed by atoms with van der Waals surface area (Å²) < 4.78 is 2.52. The molecular weight excluding hydrogens is 284 g/mol. The Morgan fingerprint density at radius 1 is 1.35 bits per heavy atom. The smallest absolute Gasteiger partial charge is 0.356 e. The topological polar surface area (TPSA) is 55.1 Å². The molecule has 0 radical (unpaired) electrons. The number of carboxylic acids is 1. The molecule has 1 aromatic carbocycles. The van der Waals surface area contributed by atoms with Gasteiger partial charge in [-0.2, -0.15) is 5.10 Å².